The minimum absolute atomic E-state index is 0.0784. The molecule has 3 rings (SSSR count). The molecular weight excluding hydrogens is 349 g/mol. The number of esters is 1. The second kappa shape index (κ2) is 6.82. The van der Waals surface area contributed by atoms with Crippen molar-refractivity contribution in [2.45, 2.75) is 25.9 Å². The van der Waals surface area contributed by atoms with Crippen molar-refractivity contribution in [2.75, 3.05) is 0 Å². The van der Waals surface area contributed by atoms with Gasteiger partial charge in [-0.05, 0) is 30.3 Å². The minimum Gasteiger partial charge on any atom is -0.449 e. The molecule has 0 saturated heterocycles. The molecule has 0 amide bonds. The Morgan fingerprint density at radius 2 is 2.00 bits per heavy atom. The average Bonchev–Trinajstić information content (AvgIpc) is 3.08. The van der Waals surface area contributed by atoms with E-state index in [4.69, 9.17) is 9.15 Å². The van der Waals surface area contributed by atoms with Crippen LogP contribution < -0.4 is 0 Å². The van der Waals surface area contributed by atoms with Gasteiger partial charge in [-0.3, -0.25) is 4.79 Å². The molecule has 0 aliphatic heterocycles. The maximum Gasteiger partial charge on any atom is 0.416 e. The van der Waals surface area contributed by atoms with Gasteiger partial charge in [0.15, 0.2) is 0 Å². The number of hydrogen-bond acceptors (Lipinski definition) is 4. The highest BCUT2D eigenvalue weighted by molar-refractivity contribution is 5.88. The first-order chi connectivity index (χ1) is 12.2. The van der Waals surface area contributed by atoms with Crippen molar-refractivity contribution >= 4 is 11.8 Å². The number of carbonyl (C=O) groups excluding carboxylic acids is 2. The molecule has 0 bridgehead atoms. The highest BCUT2D eigenvalue weighted by Crippen LogP contribution is 2.33. The molecule has 0 N–H and O–H groups in total. The van der Waals surface area contributed by atoms with E-state index < -0.39 is 17.7 Å². The average molecular weight is 364 g/mol. The quantitative estimate of drug-likeness (QED) is 0.719. The van der Waals surface area contributed by atoms with E-state index in [0.29, 0.717) is 12.2 Å². The van der Waals surface area contributed by atoms with E-state index in [1.165, 1.54) is 24.3 Å². The second-order valence-electron chi connectivity index (χ2n) is 6.08. The van der Waals surface area contributed by atoms with Crippen LogP contribution in [0.25, 0.3) is 11.3 Å². The van der Waals surface area contributed by atoms with Crippen LogP contribution >= 0.6 is 0 Å². The summed E-state index contributed by atoms with van der Waals surface area (Å²) in [6.45, 7) is 1.75. The van der Waals surface area contributed by atoms with Gasteiger partial charge in [0, 0.05) is 24.3 Å². The Morgan fingerprint density at radius 3 is 2.69 bits per heavy atom. The molecule has 1 aromatic carbocycles. The largest absolute Gasteiger partial charge is 0.449 e. The van der Waals surface area contributed by atoms with Gasteiger partial charge in [-0.15, -0.1) is 0 Å². The fourth-order valence-corrected chi connectivity index (χ4v) is 2.62. The maximum absolute atomic E-state index is 12.8. The zero-order chi connectivity index (χ0) is 18.9. The van der Waals surface area contributed by atoms with E-state index in [2.05, 4.69) is 0 Å². The molecule has 1 atom stereocenters. The number of ketones is 1. The Bertz CT molecular complexity index is 877. The lowest BCUT2D eigenvalue weighted by atomic mass is 9.94. The smallest absolute Gasteiger partial charge is 0.416 e. The molecule has 0 fully saturated rings. The van der Waals surface area contributed by atoms with Crippen molar-refractivity contribution < 1.29 is 31.9 Å². The number of allylic oxidation sites excluding steroid dienone is 2. The number of alkyl halides is 3. The first-order valence-corrected chi connectivity index (χ1v) is 7.95. The highest BCUT2D eigenvalue weighted by Gasteiger charge is 2.30. The Hall–Kier alpha value is -2.83. The zero-order valence-corrected chi connectivity index (χ0v) is 13.8. The van der Waals surface area contributed by atoms with Gasteiger partial charge in [0.25, 0.3) is 0 Å². The van der Waals surface area contributed by atoms with Gasteiger partial charge in [-0.25, -0.2) is 4.79 Å². The molecule has 1 heterocycles. The molecule has 26 heavy (non-hydrogen) atoms. The van der Waals surface area contributed by atoms with Crippen LogP contribution in [0.1, 0.15) is 35.9 Å². The van der Waals surface area contributed by atoms with Gasteiger partial charge in [0.05, 0.1) is 5.56 Å². The predicted molar refractivity (Wildman–Crippen MR) is 86.0 cm³/mol. The van der Waals surface area contributed by atoms with Gasteiger partial charge >= 0.3 is 12.1 Å². The van der Waals surface area contributed by atoms with Gasteiger partial charge in [0.1, 0.15) is 17.3 Å². The van der Waals surface area contributed by atoms with Crippen LogP contribution in [-0.2, 0) is 15.7 Å². The fraction of sp³-hybridized carbons (Fsp3) is 0.263. The van der Waals surface area contributed by atoms with E-state index in [1.54, 1.807) is 13.0 Å². The van der Waals surface area contributed by atoms with Gasteiger partial charge in [-0.2, -0.15) is 13.2 Å². The third-order valence-corrected chi connectivity index (χ3v) is 4.09. The van der Waals surface area contributed by atoms with Crippen LogP contribution in [-0.4, -0.2) is 11.8 Å². The molecule has 0 saturated carbocycles. The predicted octanol–water partition coefficient (Wildman–Crippen LogP) is 5.01. The van der Waals surface area contributed by atoms with Crippen LogP contribution in [0.4, 0.5) is 13.2 Å². The summed E-state index contributed by atoms with van der Waals surface area (Å²) < 4.78 is 49.0. The summed E-state index contributed by atoms with van der Waals surface area (Å²) in [6.07, 6.45) is -2.38. The van der Waals surface area contributed by atoms with Crippen molar-refractivity contribution in [3.8, 4) is 11.3 Å². The maximum atomic E-state index is 12.8. The van der Waals surface area contributed by atoms with E-state index in [9.17, 15) is 22.8 Å². The Kier molecular flexibility index (Phi) is 4.71. The van der Waals surface area contributed by atoms with Crippen LogP contribution in [0.5, 0.6) is 0 Å². The third-order valence-electron chi connectivity index (χ3n) is 4.09. The summed E-state index contributed by atoms with van der Waals surface area (Å²) in [5, 5.41) is 0. The van der Waals surface area contributed by atoms with Crippen LogP contribution in [0.3, 0.4) is 0 Å². The number of hydrogen-bond donors (Lipinski definition) is 0. The molecule has 0 spiro atoms. The van der Waals surface area contributed by atoms with Gasteiger partial charge in [-0.1, -0.05) is 19.1 Å². The number of benzene rings is 1. The number of carbonyl (C=O) groups is 2. The number of rotatable bonds is 3. The Morgan fingerprint density at radius 1 is 1.23 bits per heavy atom. The third kappa shape index (κ3) is 3.87. The molecule has 0 unspecified atom stereocenters. The highest BCUT2D eigenvalue weighted by atomic mass is 19.4. The Labute approximate surface area is 147 Å². The van der Waals surface area contributed by atoms with E-state index >= 15 is 0 Å². The molecule has 136 valence electrons. The minimum atomic E-state index is -4.47. The summed E-state index contributed by atoms with van der Waals surface area (Å²) in [6, 6.07) is 7.39. The molecule has 1 aliphatic carbocycles. The van der Waals surface area contributed by atoms with Crippen molar-refractivity contribution in [1.29, 1.82) is 0 Å². The summed E-state index contributed by atoms with van der Waals surface area (Å²) >= 11 is 0. The van der Waals surface area contributed by atoms with E-state index in [1.807, 2.05) is 0 Å². The fourth-order valence-electron chi connectivity index (χ4n) is 2.62. The second-order valence-corrected chi connectivity index (χ2v) is 6.08. The topological polar surface area (TPSA) is 56.5 Å². The lowest BCUT2D eigenvalue weighted by molar-refractivity contribution is -0.137. The molecule has 4 nitrogen and oxygen atoms in total. The molecule has 1 aliphatic rings. The monoisotopic (exact) mass is 364 g/mol. The number of furan rings is 1. The van der Waals surface area contributed by atoms with E-state index in [-0.39, 0.29) is 35.2 Å². The SMILES string of the molecule is C[C@H]1CC(OC(=O)c2ccc(-c3cccc(C(F)(F)F)c3)o2)=CCC1=O. The summed E-state index contributed by atoms with van der Waals surface area (Å²) in [4.78, 5) is 23.6. The molecule has 2 aromatic rings. The normalized spacial score (nSPS) is 17.8. The number of ether oxygens (including phenoxy) is 1. The van der Waals surface area contributed by atoms with Crippen molar-refractivity contribution in [1.82, 2.24) is 0 Å². The van der Waals surface area contributed by atoms with Crippen LogP contribution in [0, 0.1) is 5.92 Å². The Balaban J connectivity index is 1.76. The summed E-state index contributed by atoms with van der Waals surface area (Å²) in [5.41, 5.74) is -0.600. The molecule has 7 heteroatoms. The van der Waals surface area contributed by atoms with Crippen molar-refractivity contribution in [3.05, 3.63) is 59.6 Å². The summed E-state index contributed by atoms with van der Waals surface area (Å²) in [5.74, 6) is -0.503. The summed E-state index contributed by atoms with van der Waals surface area (Å²) in [7, 11) is 0. The van der Waals surface area contributed by atoms with Gasteiger partial charge in [0.2, 0.25) is 5.76 Å². The molecule has 0 radical (unpaired) electrons. The van der Waals surface area contributed by atoms with Crippen LogP contribution in [0.15, 0.2) is 52.7 Å². The van der Waals surface area contributed by atoms with Gasteiger partial charge < -0.3 is 9.15 Å². The number of Topliss-reactive ketones (excluding diaryl/α,β-unsaturated/α-hetero) is 1. The van der Waals surface area contributed by atoms with Crippen molar-refractivity contribution in [2.24, 2.45) is 5.92 Å². The van der Waals surface area contributed by atoms with E-state index in [0.717, 1.165) is 12.1 Å². The molecular formula is C19H15F3O4. The lowest BCUT2D eigenvalue weighted by Crippen LogP contribution is -2.18. The molecule has 1 aromatic heterocycles. The van der Waals surface area contributed by atoms with Crippen molar-refractivity contribution in [3.63, 3.8) is 0 Å². The lowest BCUT2D eigenvalue weighted by Gasteiger charge is -2.17. The zero-order valence-electron chi connectivity index (χ0n) is 13.8. The standard InChI is InChI=1S/C19H15F3O4/c1-11-9-14(5-6-15(11)23)25-18(24)17-8-7-16(26-17)12-3-2-4-13(10-12)19(20,21)22/h2-5,7-8,10-11H,6,9H2,1H3/t11-/m0/s1. The van der Waals surface area contributed by atoms with Crippen LogP contribution in [0.2, 0.25) is 0 Å². The number of halogens is 3. The first kappa shape index (κ1) is 18.0. The first-order valence-electron chi connectivity index (χ1n) is 7.95.